The lowest BCUT2D eigenvalue weighted by Crippen LogP contribution is -2.30. The van der Waals surface area contributed by atoms with E-state index in [1.807, 2.05) is 37.3 Å². The number of hydrogen-bond donors (Lipinski definition) is 1. The molecule has 0 spiro atoms. The fraction of sp³-hybridized carbons (Fsp3) is 0.233. The Morgan fingerprint density at radius 3 is 2.56 bits per heavy atom. The zero-order chi connectivity index (χ0) is 29.1. The monoisotopic (exact) mass is 612 g/mol. The summed E-state index contributed by atoms with van der Waals surface area (Å²) in [5.74, 6) is 0.730. The van der Waals surface area contributed by atoms with E-state index in [9.17, 15) is 9.18 Å². The molecule has 4 aromatic rings. The number of nitrogens with zero attached hydrogens (tertiary/aromatic N) is 3. The third kappa shape index (κ3) is 6.69. The van der Waals surface area contributed by atoms with Crippen molar-refractivity contribution in [3.8, 4) is 5.75 Å². The van der Waals surface area contributed by atoms with E-state index in [2.05, 4.69) is 10.3 Å². The first-order valence-electron chi connectivity index (χ1n) is 12.9. The smallest absolute Gasteiger partial charge is 0.338 e. The lowest BCUT2D eigenvalue weighted by molar-refractivity contribution is -0.143. The van der Waals surface area contributed by atoms with Crippen LogP contribution in [0, 0.1) is 5.82 Å². The fourth-order valence-electron chi connectivity index (χ4n) is 4.35. The molecule has 212 valence electrons. The van der Waals surface area contributed by atoms with Gasteiger partial charge in [-0.1, -0.05) is 71.4 Å². The van der Waals surface area contributed by atoms with Gasteiger partial charge >= 0.3 is 5.97 Å². The van der Waals surface area contributed by atoms with Crippen molar-refractivity contribution in [1.29, 1.82) is 0 Å². The van der Waals surface area contributed by atoms with Gasteiger partial charge in [-0.2, -0.15) is 4.98 Å². The molecule has 3 aromatic carbocycles. The Bertz CT molecular complexity index is 1610. The number of allylic oxidation sites excluding steroid dienone is 1. The SMILES string of the molecule is CC1=C(C(=O)OC(C)C)C(c2ccc(OCc3ccc(Cl)cc3Cl)cc2)n2nc(SCc3ccccc3F)nc2N1. The van der Waals surface area contributed by atoms with E-state index in [1.165, 1.54) is 17.8 Å². The summed E-state index contributed by atoms with van der Waals surface area (Å²) >= 11 is 13.6. The molecule has 0 fully saturated rings. The van der Waals surface area contributed by atoms with Gasteiger partial charge in [0.25, 0.3) is 0 Å². The van der Waals surface area contributed by atoms with Crippen molar-refractivity contribution in [2.75, 3.05) is 5.32 Å². The number of fused-ring (bicyclic) bond motifs is 1. The number of ether oxygens (including phenoxy) is 2. The highest BCUT2D eigenvalue weighted by molar-refractivity contribution is 7.98. The van der Waals surface area contributed by atoms with E-state index in [1.54, 1.807) is 48.9 Å². The van der Waals surface area contributed by atoms with Crippen LogP contribution >= 0.6 is 35.0 Å². The van der Waals surface area contributed by atoms with E-state index in [0.717, 1.165) is 11.1 Å². The molecule has 0 bridgehead atoms. The van der Waals surface area contributed by atoms with Crippen LogP contribution in [0.1, 0.15) is 43.5 Å². The number of esters is 1. The summed E-state index contributed by atoms with van der Waals surface area (Å²) in [7, 11) is 0. The van der Waals surface area contributed by atoms with Gasteiger partial charge in [0.2, 0.25) is 11.1 Å². The second-order valence-electron chi connectivity index (χ2n) is 9.66. The van der Waals surface area contributed by atoms with E-state index in [-0.39, 0.29) is 18.5 Å². The first kappa shape index (κ1) is 29.0. The van der Waals surface area contributed by atoms with Crippen LogP contribution in [0.15, 0.2) is 83.2 Å². The molecule has 5 rings (SSSR count). The average Bonchev–Trinajstić information content (AvgIpc) is 3.33. The van der Waals surface area contributed by atoms with Gasteiger partial charge in [-0.15, -0.1) is 5.10 Å². The van der Waals surface area contributed by atoms with Crippen LogP contribution in [-0.4, -0.2) is 26.8 Å². The largest absolute Gasteiger partial charge is 0.489 e. The van der Waals surface area contributed by atoms with Gasteiger partial charge in [-0.3, -0.25) is 0 Å². The van der Waals surface area contributed by atoms with Gasteiger partial charge in [-0.25, -0.2) is 13.9 Å². The summed E-state index contributed by atoms with van der Waals surface area (Å²) in [5, 5.41) is 9.42. The Labute approximate surface area is 251 Å². The molecule has 1 aliphatic rings. The topological polar surface area (TPSA) is 78.3 Å². The van der Waals surface area contributed by atoms with Crippen molar-refractivity contribution < 1.29 is 18.7 Å². The van der Waals surface area contributed by atoms with Crippen LogP contribution in [0.2, 0.25) is 10.0 Å². The number of anilines is 1. The highest BCUT2D eigenvalue weighted by Crippen LogP contribution is 2.38. The molecule has 0 aliphatic carbocycles. The molecular weight excluding hydrogens is 586 g/mol. The number of aromatic nitrogens is 3. The lowest BCUT2D eigenvalue weighted by atomic mass is 9.95. The Morgan fingerprint density at radius 1 is 1.10 bits per heavy atom. The number of halogens is 3. The van der Waals surface area contributed by atoms with Crippen molar-refractivity contribution in [1.82, 2.24) is 14.8 Å². The van der Waals surface area contributed by atoms with Crippen molar-refractivity contribution >= 4 is 46.9 Å². The third-order valence-electron chi connectivity index (χ3n) is 6.32. The number of thioether (sulfide) groups is 1. The molecule has 0 saturated carbocycles. The number of carbonyl (C=O) groups excluding carboxylic acids is 1. The van der Waals surface area contributed by atoms with Gasteiger partial charge in [-0.05, 0) is 62.2 Å². The van der Waals surface area contributed by atoms with Crippen LogP contribution in [0.5, 0.6) is 5.75 Å². The quantitative estimate of drug-likeness (QED) is 0.152. The lowest BCUT2D eigenvalue weighted by Gasteiger charge is -2.28. The van der Waals surface area contributed by atoms with E-state index >= 15 is 0 Å². The molecule has 0 amide bonds. The summed E-state index contributed by atoms with van der Waals surface area (Å²) in [5.41, 5.74) is 3.19. The zero-order valence-corrected chi connectivity index (χ0v) is 24.9. The molecule has 11 heteroatoms. The third-order valence-corrected chi connectivity index (χ3v) is 7.79. The highest BCUT2D eigenvalue weighted by atomic mass is 35.5. The standard InChI is InChI=1S/C30H27Cl2FN4O3S/c1-17(2)40-28(38)26-18(3)34-29-35-30(41-16-21-6-4-5-7-25(21)33)36-37(29)27(26)19-9-12-23(13-10-19)39-15-20-8-11-22(31)14-24(20)32/h4-14,17,27H,15-16H2,1-3H3,(H,34,35,36). The molecule has 41 heavy (non-hydrogen) atoms. The van der Waals surface area contributed by atoms with Crippen LogP contribution < -0.4 is 10.1 Å². The second-order valence-corrected chi connectivity index (χ2v) is 11.4. The first-order valence-corrected chi connectivity index (χ1v) is 14.6. The molecule has 1 unspecified atom stereocenters. The first-order chi connectivity index (χ1) is 19.7. The van der Waals surface area contributed by atoms with Crippen LogP contribution in [-0.2, 0) is 21.9 Å². The van der Waals surface area contributed by atoms with Gasteiger partial charge in [0.1, 0.15) is 24.2 Å². The van der Waals surface area contributed by atoms with Gasteiger partial charge in [0.15, 0.2) is 0 Å². The Kier molecular flexibility index (Phi) is 8.87. The molecule has 1 atom stereocenters. The molecule has 0 radical (unpaired) electrons. The zero-order valence-electron chi connectivity index (χ0n) is 22.5. The minimum Gasteiger partial charge on any atom is -0.489 e. The number of rotatable bonds is 9. The molecule has 2 heterocycles. The summed E-state index contributed by atoms with van der Waals surface area (Å²) in [6.07, 6.45) is -0.303. The molecular formula is C30H27Cl2FN4O3S. The molecule has 7 nitrogen and oxygen atoms in total. The van der Waals surface area contributed by atoms with Crippen LogP contribution in [0.4, 0.5) is 10.3 Å². The van der Waals surface area contributed by atoms with Crippen molar-refractivity contribution in [3.63, 3.8) is 0 Å². The summed E-state index contributed by atoms with van der Waals surface area (Å²) in [4.78, 5) is 17.9. The van der Waals surface area contributed by atoms with E-state index < -0.39 is 12.0 Å². The minimum atomic E-state index is -0.604. The van der Waals surface area contributed by atoms with Crippen molar-refractivity contribution in [2.24, 2.45) is 0 Å². The van der Waals surface area contributed by atoms with E-state index in [0.29, 0.717) is 49.5 Å². The number of nitrogens with one attached hydrogen (secondary N) is 1. The maximum atomic E-state index is 14.2. The number of hydrogen-bond acceptors (Lipinski definition) is 7. The maximum Gasteiger partial charge on any atom is 0.338 e. The van der Waals surface area contributed by atoms with Crippen molar-refractivity contribution in [3.05, 3.63) is 111 Å². The highest BCUT2D eigenvalue weighted by Gasteiger charge is 2.35. The van der Waals surface area contributed by atoms with Gasteiger partial charge in [0, 0.05) is 27.1 Å². The second kappa shape index (κ2) is 12.5. The summed E-state index contributed by atoms with van der Waals surface area (Å²) in [6, 6.07) is 18.7. The summed E-state index contributed by atoms with van der Waals surface area (Å²) < 4.78 is 27.4. The van der Waals surface area contributed by atoms with Crippen molar-refractivity contribution in [2.45, 2.75) is 50.4 Å². The average molecular weight is 614 g/mol. The Morgan fingerprint density at radius 2 is 1.85 bits per heavy atom. The van der Waals surface area contributed by atoms with Gasteiger partial charge in [0.05, 0.1) is 11.7 Å². The predicted molar refractivity (Wildman–Crippen MR) is 159 cm³/mol. The van der Waals surface area contributed by atoms with Crippen LogP contribution in [0.3, 0.4) is 0 Å². The summed E-state index contributed by atoms with van der Waals surface area (Å²) in [6.45, 7) is 5.68. The fourth-order valence-corrected chi connectivity index (χ4v) is 5.63. The normalized spacial score (nSPS) is 14.6. The molecule has 0 saturated heterocycles. The number of benzene rings is 3. The minimum absolute atomic E-state index is 0.267. The molecule has 1 aromatic heterocycles. The Hall–Kier alpha value is -3.53. The predicted octanol–water partition coefficient (Wildman–Crippen LogP) is 7.84. The van der Waals surface area contributed by atoms with Gasteiger partial charge < -0.3 is 14.8 Å². The van der Waals surface area contributed by atoms with Crippen LogP contribution in [0.25, 0.3) is 0 Å². The van der Waals surface area contributed by atoms with E-state index in [4.69, 9.17) is 37.8 Å². The molecule has 1 aliphatic heterocycles. The maximum absolute atomic E-state index is 14.2. The molecule has 1 N–H and O–H groups in total. The number of carbonyl (C=O) groups is 1. The Balaban J connectivity index is 1.42.